The Morgan fingerprint density at radius 2 is 2.05 bits per heavy atom. The van der Waals surface area contributed by atoms with Gasteiger partial charge in [0, 0.05) is 38.4 Å². The molecule has 1 amide bonds. The Hall–Kier alpha value is -0.330. The van der Waals surface area contributed by atoms with Crippen molar-refractivity contribution < 1.29 is 13.2 Å². The number of nitrogens with one attached hydrogen (secondary N) is 1. The Kier molecular flexibility index (Phi) is 5.26. The van der Waals surface area contributed by atoms with Crippen LogP contribution in [0, 0.1) is 5.41 Å². The summed E-state index contributed by atoms with van der Waals surface area (Å²) in [6, 6.07) is 0.209. The molecule has 0 radical (unpaired) electrons. The Balaban J connectivity index is 0.00000180. The van der Waals surface area contributed by atoms with Gasteiger partial charge < -0.3 is 10.2 Å². The van der Waals surface area contributed by atoms with E-state index in [4.69, 9.17) is 0 Å². The van der Waals surface area contributed by atoms with E-state index in [9.17, 15) is 13.2 Å². The van der Waals surface area contributed by atoms with Crippen LogP contribution in [0.2, 0.25) is 0 Å². The van der Waals surface area contributed by atoms with Crippen LogP contribution in [0.3, 0.4) is 0 Å². The monoisotopic (exact) mass is 310 g/mol. The van der Waals surface area contributed by atoms with E-state index >= 15 is 0 Å². The SMILES string of the molecule is CC1CNCCN1C(=O)CC1(CS(C)(=O)=O)CC1.Cl. The molecule has 1 aliphatic carbocycles. The molecule has 1 atom stereocenters. The number of nitrogens with zero attached hydrogens (tertiary/aromatic N) is 1. The van der Waals surface area contributed by atoms with Gasteiger partial charge in [0.2, 0.25) is 5.91 Å². The van der Waals surface area contributed by atoms with E-state index in [-0.39, 0.29) is 35.5 Å². The van der Waals surface area contributed by atoms with Gasteiger partial charge >= 0.3 is 0 Å². The zero-order valence-electron chi connectivity index (χ0n) is 11.5. The summed E-state index contributed by atoms with van der Waals surface area (Å²) >= 11 is 0. The molecule has 0 aromatic heterocycles. The first kappa shape index (κ1) is 16.7. The lowest BCUT2D eigenvalue weighted by atomic mass is 10.0. The first-order chi connectivity index (χ1) is 8.31. The first-order valence-corrected chi connectivity index (χ1v) is 8.55. The number of rotatable bonds is 4. The number of hydrogen-bond acceptors (Lipinski definition) is 4. The van der Waals surface area contributed by atoms with Crippen molar-refractivity contribution in [1.29, 1.82) is 0 Å². The highest BCUT2D eigenvalue weighted by molar-refractivity contribution is 7.90. The molecule has 1 saturated carbocycles. The minimum atomic E-state index is -2.99. The molecule has 2 aliphatic rings. The van der Waals surface area contributed by atoms with Gasteiger partial charge in [-0.05, 0) is 25.2 Å². The van der Waals surface area contributed by atoms with Crippen molar-refractivity contribution in [2.45, 2.75) is 32.2 Å². The minimum absolute atomic E-state index is 0. The van der Waals surface area contributed by atoms with Crippen LogP contribution < -0.4 is 5.32 Å². The van der Waals surface area contributed by atoms with E-state index in [1.54, 1.807) is 0 Å². The second-order valence-electron chi connectivity index (χ2n) is 5.89. The number of sulfone groups is 1. The van der Waals surface area contributed by atoms with Crippen molar-refractivity contribution in [1.82, 2.24) is 10.2 Å². The topological polar surface area (TPSA) is 66.5 Å². The lowest BCUT2D eigenvalue weighted by Gasteiger charge is -2.35. The lowest BCUT2D eigenvalue weighted by Crippen LogP contribution is -2.52. The maximum Gasteiger partial charge on any atom is 0.223 e. The smallest absolute Gasteiger partial charge is 0.223 e. The summed E-state index contributed by atoms with van der Waals surface area (Å²) in [6.45, 7) is 4.41. The molecule has 0 aromatic carbocycles. The molecular formula is C12H23ClN2O3S. The van der Waals surface area contributed by atoms with E-state index in [0.29, 0.717) is 6.42 Å². The van der Waals surface area contributed by atoms with Crippen molar-refractivity contribution in [2.75, 3.05) is 31.6 Å². The van der Waals surface area contributed by atoms with Crippen LogP contribution >= 0.6 is 12.4 Å². The third kappa shape index (κ3) is 4.61. The van der Waals surface area contributed by atoms with Crippen molar-refractivity contribution in [3.05, 3.63) is 0 Å². The van der Waals surface area contributed by atoms with Crippen molar-refractivity contribution in [2.24, 2.45) is 5.41 Å². The van der Waals surface area contributed by atoms with Crippen molar-refractivity contribution in [3.63, 3.8) is 0 Å². The molecule has 1 saturated heterocycles. The maximum absolute atomic E-state index is 12.3. The number of amides is 1. The van der Waals surface area contributed by atoms with Gasteiger partial charge in [0.1, 0.15) is 9.84 Å². The molecule has 1 heterocycles. The summed E-state index contributed by atoms with van der Waals surface area (Å²) in [4.78, 5) is 14.1. The second kappa shape index (κ2) is 5.97. The molecule has 19 heavy (non-hydrogen) atoms. The lowest BCUT2D eigenvalue weighted by molar-refractivity contribution is -0.135. The highest BCUT2D eigenvalue weighted by Crippen LogP contribution is 2.50. The number of carbonyl (C=O) groups excluding carboxylic acids is 1. The zero-order valence-corrected chi connectivity index (χ0v) is 13.1. The largest absolute Gasteiger partial charge is 0.337 e. The molecule has 1 N–H and O–H groups in total. The number of halogens is 1. The summed E-state index contributed by atoms with van der Waals surface area (Å²) < 4.78 is 22.7. The van der Waals surface area contributed by atoms with Crippen molar-refractivity contribution in [3.8, 4) is 0 Å². The molecular weight excluding hydrogens is 288 g/mol. The Bertz CT molecular complexity index is 434. The summed E-state index contributed by atoms with van der Waals surface area (Å²) in [5.41, 5.74) is -0.255. The Morgan fingerprint density at radius 3 is 2.53 bits per heavy atom. The predicted molar refractivity (Wildman–Crippen MR) is 77.3 cm³/mol. The normalized spacial score (nSPS) is 25.6. The van der Waals surface area contributed by atoms with Gasteiger partial charge in [-0.15, -0.1) is 12.4 Å². The van der Waals surface area contributed by atoms with Crippen LogP contribution in [0.4, 0.5) is 0 Å². The van der Waals surface area contributed by atoms with Gasteiger partial charge in [0.25, 0.3) is 0 Å². The first-order valence-electron chi connectivity index (χ1n) is 6.49. The molecule has 0 spiro atoms. The molecule has 2 rings (SSSR count). The highest BCUT2D eigenvalue weighted by Gasteiger charge is 2.47. The second-order valence-corrected chi connectivity index (χ2v) is 8.03. The zero-order chi connectivity index (χ0) is 13.4. The molecule has 5 nitrogen and oxygen atoms in total. The fraction of sp³-hybridized carbons (Fsp3) is 0.917. The Morgan fingerprint density at radius 1 is 1.42 bits per heavy atom. The van der Waals surface area contributed by atoms with Gasteiger partial charge in [0.15, 0.2) is 0 Å². The third-order valence-electron chi connectivity index (χ3n) is 3.87. The van der Waals surface area contributed by atoms with Crippen molar-refractivity contribution >= 4 is 28.2 Å². The minimum Gasteiger partial charge on any atom is -0.337 e. The number of hydrogen-bond donors (Lipinski definition) is 1. The average Bonchev–Trinajstić information content (AvgIpc) is 2.95. The van der Waals surface area contributed by atoms with Gasteiger partial charge in [0.05, 0.1) is 5.75 Å². The van der Waals surface area contributed by atoms with E-state index in [1.807, 2.05) is 11.8 Å². The van der Waals surface area contributed by atoms with E-state index in [2.05, 4.69) is 5.32 Å². The molecule has 7 heteroatoms. The summed E-state index contributed by atoms with van der Waals surface area (Å²) in [6.07, 6.45) is 3.38. The summed E-state index contributed by atoms with van der Waals surface area (Å²) in [5.74, 6) is 0.275. The molecule has 1 aliphatic heterocycles. The standard InChI is InChI=1S/C12H22N2O3S.ClH/c1-10-8-13-5-6-14(10)11(15)7-12(3-4-12)9-18(2,16)17;/h10,13H,3-9H2,1-2H3;1H. The molecule has 1 unspecified atom stereocenters. The van der Waals surface area contributed by atoms with Crippen LogP contribution in [0.25, 0.3) is 0 Å². The quantitative estimate of drug-likeness (QED) is 0.818. The number of piperazine rings is 1. The molecule has 2 fully saturated rings. The van der Waals surface area contributed by atoms with E-state index < -0.39 is 9.84 Å². The third-order valence-corrected chi connectivity index (χ3v) is 5.01. The van der Waals surface area contributed by atoms with Gasteiger partial charge in [-0.3, -0.25) is 4.79 Å². The van der Waals surface area contributed by atoms with Crippen LogP contribution in [0.1, 0.15) is 26.2 Å². The van der Waals surface area contributed by atoms with Gasteiger partial charge in [-0.1, -0.05) is 0 Å². The van der Waals surface area contributed by atoms with E-state index in [1.165, 1.54) is 6.26 Å². The van der Waals surface area contributed by atoms with Crippen LogP contribution in [0.5, 0.6) is 0 Å². The maximum atomic E-state index is 12.3. The fourth-order valence-electron chi connectivity index (χ4n) is 2.74. The van der Waals surface area contributed by atoms with Crippen LogP contribution in [-0.2, 0) is 14.6 Å². The van der Waals surface area contributed by atoms with E-state index in [0.717, 1.165) is 32.5 Å². The van der Waals surface area contributed by atoms with Crippen LogP contribution in [0.15, 0.2) is 0 Å². The number of carbonyl (C=O) groups is 1. The summed E-state index contributed by atoms with van der Waals surface area (Å²) in [5, 5.41) is 3.25. The van der Waals surface area contributed by atoms with Gasteiger partial charge in [-0.25, -0.2) is 8.42 Å². The molecule has 0 aromatic rings. The highest BCUT2D eigenvalue weighted by atomic mass is 35.5. The molecule has 0 bridgehead atoms. The summed E-state index contributed by atoms with van der Waals surface area (Å²) in [7, 11) is -2.99. The fourth-order valence-corrected chi connectivity index (χ4v) is 4.24. The van der Waals surface area contributed by atoms with Gasteiger partial charge in [-0.2, -0.15) is 0 Å². The predicted octanol–water partition coefficient (Wildman–Crippen LogP) is 0.443. The Labute approximate surface area is 121 Å². The average molecular weight is 311 g/mol. The van der Waals surface area contributed by atoms with Crippen LogP contribution in [-0.4, -0.2) is 56.9 Å². The molecule has 112 valence electrons.